The quantitative estimate of drug-likeness (QED) is 0.828. The van der Waals surface area contributed by atoms with Crippen LogP contribution in [0.25, 0.3) is 0 Å². The second-order valence-electron chi connectivity index (χ2n) is 6.55. The van der Waals surface area contributed by atoms with E-state index < -0.39 is 0 Å². The van der Waals surface area contributed by atoms with Gasteiger partial charge in [-0.05, 0) is 0 Å². The maximum absolute atomic E-state index is 12.0. The van der Waals surface area contributed by atoms with Crippen molar-refractivity contribution >= 4 is 5.91 Å². The summed E-state index contributed by atoms with van der Waals surface area (Å²) in [6.07, 6.45) is 0.917. The number of fused-ring (bicyclic) bond motifs is 1. The third kappa shape index (κ3) is 3.03. The van der Waals surface area contributed by atoms with Crippen molar-refractivity contribution in [1.29, 1.82) is 0 Å². The second kappa shape index (κ2) is 6.38. The Bertz CT molecular complexity index is 545. The van der Waals surface area contributed by atoms with Crippen LogP contribution in [-0.2, 0) is 36.2 Å². The number of hydrogen-bond acceptors (Lipinski definition) is 4. The van der Waals surface area contributed by atoms with Crippen molar-refractivity contribution in [2.75, 3.05) is 32.8 Å². The van der Waals surface area contributed by atoms with E-state index in [0.717, 1.165) is 45.8 Å². The van der Waals surface area contributed by atoms with Crippen molar-refractivity contribution in [3.63, 3.8) is 0 Å². The fraction of sp³-hybridized carbons (Fsp3) is 0.750. The van der Waals surface area contributed by atoms with Gasteiger partial charge in [0, 0.05) is 57.7 Å². The number of carbonyl (C=O) groups is 1. The van der Waals surface area contributed by atoms with Gasteiger partial charge in [-0.2, -0.15) is 5.10 Å². The van der Waals surface area contributed by atoms with Gasteiger partial charge in [-0.25, -0.2) is 0 Å². The van der Waals surface area contributed by atoms with Gasteiger partial charge < -0.3 is 9.64 Å². The normalized spacial score (nSPS) is 19.5. The van der Waals surface area contributed by atoms with Crippen LogP contribution in [0.3, 0.4) is 0 Å². The molecule has 1 saturated heterocycles. The summed E-state index contributed by atoms with van der Waals surface area (Å²) in [5.41, 5.74) is 3.73. The largest absolute Gasteiger partial charge is 0.376 e. The van der Waals surface area contributed by atoms with Crippen LogP contribution in [0.2, 0.25) is 0 Å². The monoisotopic (exact) mass is 306 g/mol. The van der Waals surface area contributed by atoms with Gasteiger partial charge in [0.2, 0.25) is 5.91 Å². The van der Waals surface area contributed by atoms with Crippen molar-refractivity contribution in [2.45, 2.75) is 33.4 Å². The topological polar surface area (TPSA) is 50.6 Å². The highest BCUT2D eigenvalue weighted by Crippen LogP contribution is 2.22. The molecule has 0 bridgehead atoms. The molecule has 1 aromatic rings. The van der Waals surface area contributed by atoms with E-state index in [1.165, 1.54) is 17.0 Å². The Labute approximate surface area is 132 Å². The molecule has 0 radical (unpaired) electrons. The highest BCUT2D eigenvalue weighted by molar-refractivity contribution is 5.78. The molecule has 122 valence electrons. The van der Waals surface area contributed by atoms with Crippen molar-refractivity contribution < 1.29 is 9.53 Å². The van der Waals surface area contributed by atoms with Gasteiger partial charge in [-0.15, -0.1) is 0 Å². The molecule has 0 aliphatic carbocycles. The number of amides is 1. The van der Waals surface area contributed by atoms with Crippen LogP contribution in [0.1, 0.15) is 30.8 Å². The van der Waals surface area contributed by atoms with Gasteiger partial charge >= 0.3 is 0 Å². The average molecular weight is 306 g/mol. The van der Waals surface area contributed by atoms with Crippen LogP contribution in [0.5, 0.6) is 0 Å². The van der Waals surface area contributed by atoms with Crippen LogP contribution in [0.4, 0.5) is 0 Å². The molecular formula is C16H26N4O2. The molecule has 0 unspecified atom stereocenters. The first-order valence-corrected chi connectivity index (χ1v) is 8.18. The number of aryl methyl sites for hydroxylation is 1. The molecule has 3 heterocycles. The zero-order chi connectivity index (χ0) is 15.7. The number of carbonyl (C=O) groups excluding carboxylic acids is 1. The van der Waals surface area contributed by atoms with Gasteiger partial charge in [-0.1, -0.05) is 13.8 Å². The fourth-order valence-corrected chi connectivity index (χ4v) is 3.28. The van der Waals surface area contributed by atoms with Gasteiger partial charge in [0.1, 0.15) is 0 Å². The van der Waals surface area contributed by atoms with E-state index in [1.807, 2.05) is 30.5 Å². The summed E-state index contributed by atoms with van der Waals surface area (Å²) in [4.78, 5) is 16.4. The average Bonchev–Trinajstić information content (AvgIpc) is 2.83. The van der Waals surface area contributed by atoms with Crippen LogP contribution in [0.15, 0.2) is 0 Å². The molecule has 1 fully saturated rings. The molecule has 1 amide bonds. The maximum Gasteiger partial charge on any atom is 0.225 e. The molecule has 0 aromatic carbocycles. The Balaban J connectivity index is 1.62. The van der Waals surface area contributed by atoms with Crippen LogP contribution >= 0.6 is 0 Å². The number of aromatic nitrogens is 2. The lowest BCUT2D eigenvalue weighted by atomic mass is 10.1. The third-order valence-corrected chi connectivity index (χ3v) is 4.64. The van der Waals surface area contributed by atoms with Crippen molar-refractivity contribution in [2.24, 2.45) is 13.0 Å². The minimum atomic E-state index is 0.0905. The smallest absolute Gasteiger partial charge is 0.225 e. The zero-order valence-corrected chi connectivity index (χ0v) is 13.8. The number of nitrogens with zero attached hydrogens (tertiary/aromatic N) is 4. The lowest BCUT2D eigenvalue weighted by Gasteiger charge is -2.35. The minimum absolute atomic E-state index is 0.0905. The van der Waals surface area contributed by atoms with Gasteiger partial charge in [0.25, 0.3) is 0 Å². The second-order valence-corrected chi connectivity index (χ2v) is 6.55. The highest BCUT2D eigenvalue weighted by Gasteiger charge is 2.25. The Morgan fingerprint density at radius 1 is 1.27 bits per heavy atom. The van der Waals surface area contributed by atoms with E-state index in [1.54, 1.807) is 0 Å². The van der Waals surface area contributed by atoms with Gasteiger partial charge in [-0.3, -0.25) is 14.4 Å². The molecule has 2 aliphatic heterocycles. The lowest BCUT2D eigenvalue weighted by Crippen LogP contribution is -2.49. The first-order chi connectivity index (χ1) is 10.6. The Morgan fingerprint density at radius 3 is 2.68 bits per heavy atom. The SMILES string of the molecule is CC(C)C(=O)N1CCN(Cc2c3c(nn2C)CCOC3)CC1. The van der Waals surface area contributed by atoms with E-state index >= 15 is 0 Å². The standard InChI is InChI=1S/C16H26N4O2/c1-12(2)16(21)20-7-5-19(6-8-20)10-15-13-11-22-9-4-14(13)17-18(15)3/h12H,4-11H2,1-3H3. The third-order valence-electron chi connectivity index (χ3n) is 4.64. The first-order valence-electron chi connectivity index (χ1n) is 8.18. The summed E-state index contributed by atoms with van der Waals surface area (Å²) in [5.74, 6) is 0.360. The molecule has 6 nitrogen and oxygen atoms in total. The summed E-state index contributed by atoms with van der Waals surface area (Å²) in [6.45, 7) is 9.81. The van der Waals surface area contributed by atoms with E-state index in [-0.39, 0.29) is 11.8 Å². The van der Waals surface area contributed by atoms with E-state index in [0.29, 0.717) is 6.61 Å². The van der Waals surface area contributed by atoms with Crippen LogP contribution in [-0.4, -0.2) is 58.3 Å². The summed E-state index contributed by atoms with van der Waals surface area (Å²) < 4.78 is 7.59. The summed E-state index contributed by atoms with van der Waals surface area (Å²) in [5, 5.41) is 4.63. The molecule has 0 atom stereocenters. The highest BCUT2D eigenvalue weighted by atomic mass is 16.5. The number of piperazine rings is 1. The molecule has 0 saturated carbocycles. The summed E-state index contributed by atoms with van der Waals surface area (Å²) in [6, 6.07) is 0. The number of rotatable bonds is 3. The molecule has 2 aliphatic rings. The molecule has 6 heteroatoms. The van der Waals surface area contributed by atoms with E-state index in [4.69, 9.17) is 4.74 Å². The minimum Gasteiger partial charge on any atom is -0.376 e. The Hall–Kier alpha value is -1.40. The predicted octanol–water partition coefficient (Wildman–Crippen LogP) is 0.793. The summed E-state index contributed by atoms with van der Waals surface area (Å²) in [7, 11) is 2.02. The van der Waals surface area contributed by atoms with Crippen LogP contribution in [0, 0.1) is 5.92 Å². The lowest BCUT2D eigenvalue weighted by molar-refractivity contribution is -0.136. The molecule has 22 heavy (non-hydrogen) atoms. The van der Waals surface area contributed by atoms with Crippen molar-refractivity contribution in [3.8, 4) is 0 Å². The Morgan fingerprint density at radius 2 is 2.00 bits per heavy atom. The maximum atomic E-state index is 12.0. The molecule has 1 aromatic heterocycles. The Kier molecular flexibility index (Phi) is 4.49. The fourth-order valence-electron chi connectivity index (χ4n) is 3.28. The van der Waals surface area contributed by atoms with Gasteiger partial charge in [0.15, 0.2) is 0 Å². The zero-order valence-electron chi connectivity index (χ0n) is 13.8. The predicted molar refractivity (Wildman–Crippen MR) is 83.3 cm³/mol. The molecule has 0 spiro atoms. The molecule has 3 rings (SSSR count). The van der Waals surface area contributed by atoms with Crippen molar-refractivity contribution in [1.82, 2.24) is 19.6 Å². The number of hydrogen-bond donors (Lipinski definition) is 0. The first kappa shape index (κ1) is 15.5. The molecule has 0 N–H and O–H groups in total. The van der Waals surface area contributed by atoms with E-state index in [9.17, 15) is 4.79 Å². The van der Waals surface area contributed by atoms with Crippen molar-refractivity contribution in [3.05, 3.63) is 17.0 Å². The molecular weight excluding hydrogens is 280 g/mol. The van der Waals surface area contributed by atoms with Gasteiger partial charge in [0.05, 0.1) is 24.6 Å². The van der Waals surface area contributed by atoms with E-state index in [2.05, 4.69) is 10.00 Å². The van der Waals surface area contributed by atoms with Crippen LogP contribution < -0.4 is 0 Å². The number of ether oxygens (including phenoxy) is 1. The summed E-state index contributed by atoms with van der Waals surface area (Å²) >= 11 is 0.